The van der Waals surface area contributed by atoms with Crippen molar-refractivity contribution in [3.8, 4) is 0 Å². The summed E-state index contributed by atoms with van der Waals surface area (Å²) in [6.45, 7) is 8.93. The fourth-order valence-electron chi connectivity index (χ4n) is 2.40. The average molecular weight is 372 g/mol. The largest absolute Gasteiger partial charge is 0.353 e. The highest BCUT2D eigenvalue weighted by Gasteiger charge is 2.23. The predicted molar refractivity (Wildman–Crippen MR) is 97.6 cm³/mol. The molecule has 1 fully saturated rings. The van der Waals surface area contributed by atoms with Crippen LogP contribution >= 0.6 is 23.1 Å². The second kappa shape index (κ2) is 9.22. The van der Waals surface area contributed by atoms with Gasteiger partial charge < -0.3 is 15.1 Å². The molecule has 9 heteroatoms. The number of rotatable bonds is 7. The second-order valence-corrected chi connectivity index (χ2v) is 8.16. The molecule has 0 spiro atoms. The highest BCUT2D eigenvalue weighted by atomic mass is 32.2. The lowest BCUT2D eigenvalue weighted by Gasteiger charge is -2.34. The Hall–Kier alpha value is -1.35. The monoisotopic (exact) mass is 371 g/mol. The van der Waals surface area contributed by atoms with Gasteiger partial charge in [0.15, 0.2) is 4.34 Å². The molecular formula is C15H25N5O2S2. The van der Waals surface area contributed by atoms with Crippen LogP contribution in [0, 0.1) is 0 Å². The first-order valence-corrected chi connectivity index (χ1v) is 10.1. The number of hydrogen-bond acceptors (Lipinski definition) is 7. The van der Waals surface area contributed by atoms with E-state index >= 15 is 0 Å². The van der Waals surface area contributed by atoms with Crippen molar-refractivity contribution >= 4 is 40.0 Å². The minimum atomic E-state index is 0.00907. The zero-order valence-corrected chi connectivity index (χ0v) is 16.1. The molecule has 134 valence electrons. The van der Waals surface area contributed by atoms with Crippen LogP contribution in [0.2, 0.25) is 0 Å². The molecule has 0 unspecified atom stereocenters. The predicted octanol–water partition coefficient (Wildman–Crippen LogP) is 1.60. The standard InChI is InChI=1S/C15H25N5O2S2/c1-4-5-13(22)19-6-8-20(9-7-19)14-17-18-15(24-14)23-10-12(21)16-11(2)3/h11H,4-10H2,1-3H3,(H,16,21). The van der Waals surface area contributed by atoms with Gasteiger partial charge >= 0.3 is 0 Å². The van der Waals surface area contributed by atoms with Crippen LogP contribution in [-0.4, -0.2) is 64.9 Å². The van der Waals surface area contributed by atoms with Crippen LogP contribution in [0.3, 0.4) is 0 Å². The lowest BCUT2D eigenvalue weighted by Crippen LogP contribution is -2.48. The summed E-state index contributed by atoms with van der Waals surface area (Å²) in [4.78, 5) is 27.7. The smallest absolute Gasteiger partial charge is 0.230 e. The number of nitrogens with one attached hydrogen (secondary N) is 1. The number of anilines is 1. The lowest BCUT2D eigenvalue weighted by atomic mass is 10.2. The molecule has 0 radical (unpaired) electrons. The van der Waals surface area contributed by atoms with E-state index in [2.05, 4.69) is 20.4 Å². The summed E-state index contributed by atoms with van der Waals surface area (Å²) in [5.74, 6) is 0.600. The number of aromatic nitrogens is 2. The first-order chi connectivity index (χ1) is 11.5. The van der Waals surface area contributed by atoms with Gasteiger partial charge in [0.25, 0.3) is 0 Å². The maximum absolute atomic E-state index is 11.9. The van der Waals surface area contributed by atoms with Gasteiger partial charge in [-0.05, 0) is 20.3 Å². The van der Waals surface area contributed by atoms with Crippen molar-refractivity contribution in [3.05, 3.63) is 0 Å². The van der Waals surface area contributed by atoms with Crippen molar-refractivity contribution in [2.45, 2.75) is 44.0 Å². The molecule has 1 aliphatic heterocycles. The fourth-order valence-corrected chi connectivity index (χ4v) is 4.10. The van der Waals surface area contributed by atoms with Gasteiger partial charge in [-0.2, -0.15) is 0 Å². The zero-order chi connectivity index (χ0) is 17.5. The molecule has 0 saturated carbocycles. The molecule has 2 rings (SSSR count). The molecule has 7 nitrogen and oxygen atoms in total. The molecular weight excluding hydrogens is 346 g/mol. The zero-order valence-electron chi connectivity index (χ0n) is 14.4. The first-order valence-electron chi connectivity index (χ1n) is 8.28. The third kappa shape index (κ3) is 5.62. The van der Waals surface area contributed by atoms with E-state index in [0.29, 0.717) is 12.2 Å². The first kappa shape index (κ1) is 19.0. The molecule has 1 aromatic rings. The third-order valence-corrected chi connectivity index (χ3v) is 5.66. The van der Waals surface area contributed by atoms with Gasteiger partial charge in [0, 0.05) is 38.6 Å². The fraction of sp³-hybridized carbons (Fsp3) is 0.733. The summed E-state index contributed by atoms with van der Waals surface area (Å²) < 4.78 is 0.799. The molecule has 2 heterocycles. The molecule has 1 N–H and O–H groups in total. The van der Waals surface area contributed by atoms with E-state index in [0.717, 1.165) is 42.1 Å². The summed E-state index contributed by atoms with van der Waals surface area (Å²) in [6, 6.07) is 0.148. The van der Waals surface area contributed by atoms with Gasteiger partial charge in [-0.15, -0.1) is 10.2 Å². The maximum atomic E-state index is 11.9. The molecule has 1 saturated heterocycles. The van der Waals surface area contributed by atoms with Crippen LogP contribution in [-0.2, 0) is 9.59 Å². The summed E-state index contributed by atoms with van der Waals surface area (Å²) in [5, 5.41) is 12.1. The topological polar surface area (TPSA) is 78.4 Å². The maximum Gasteiger partial charge on any atom is 0.230 e. The van der Waals surface area contributed by atoms with Crippen molar-refractivity contribution in [2.75, 3.05) is 36.8 Å². The number of amides is 2. The van der Waals surface area contributed by atoms with E-state index in [4.69, 9.17) is 0 Å². The van der Waals surface area contributed by atoms with Crippen molar-refractivity contribution in [3.63, 3.8) is 0 Å². The molecule has 24 heavy (non-hydrogen) atoms. The molecule has 0 atom stereocenters. The summed E-state index contributed by atoms with van der Waals surface area (Å²) in [5.41, 5.74) is 0. The normalized spacial score (nSPS) is 15.0. The van der Waals surface area contributed by atoms with Gasteiger partial charge in [-0.3, -0.25) is 9.59 Å². The van der Waals surface area contributed by atoms with E-state index in [9.17, 15) is 9.59 Å². The van der Waals surface area contributed by atoms with Gasteiger partial charge in [0.2, 0.25) is 16.9 Å². The summed E-state index contributed by atoms with van der Waals surface area (Å²) in [6.07, 6.45) is 1.51. The lowest BCUT2D eigenvalue weighted by molar-refractivity contribution is -0.131. The molecule has 2 amide bonds. The molecule has 0 bridgehead atoms. The number of nitrogens with zero attached hydrogens (tertiary/aromatic N) is 4. The Kier molecular flexibility index (Phi) is 7.29. The van der Waals surface area contributed by atoms with Gasteiger partial charge in [0.1, 0.15) is 0 Å². The summed E-state index contributed by atoms with van der Waals surface area (Å²) in [7, 11) is 0. The Balaban J connectivity index is 1.79. The molecule has 0 aromatic carbocycles. The van der Waals surface area contributed by atoms with Gasteiger partial charge in [-0.25, -0.2) is 0 Å². The minimum absolute atomic E-state index is 0.00907. The van der Waals surface area contributed by atoms with Crippen LogP contribution in [0.25, 0.3) is 0 Å². The highest BCUT2D eigenvalue weighted by molar-refractivity contribution is 8.01. The van der Waals surface area contributed by atoms with E-state index in [1.54, 1.807) is 0 Å². The Labute approximate surface area is 151 Å². The number of carbonyl (C=O) groups is 2. The molecule has 1 aromatic heterocycles. The Morgan fingerprint density at radius 3 is 2.58 bits per heavy atom. The quantitative estimate of drug-likeness (QED) is 0.734. The summed E-state index contributed by atoms with van der Waals surface area (Å²) >= 11 is 2.91. The van der Waals surface area contributed by atoms with Crippen molar-refractivity contribution in [1.82, 2.24) is 20.4 Å². The third-order valence-electron chi connectivity index (χ3n) is 3.54. The Bertz CT molecular complexity index is 556. The van der Waals surface area contributed by atoms with Gasteiger partial charge in [0.05, 0.1) is 5.75 Å². The van der Waals surface area contributed by atoms with Crippen molar-refractivity contribution in [2.24, 2.45) is 0 Å². The van der Waals surface area contributed by atoms with Crippen LogP contribution < -0.4 is 10.2 Å². The average Bonchev–Trinajstić information content (AvgIpc) is 3.02. The van der Waals surface area contributed by atoms with Crippen LogP contribution in [0.15, 0.2) is 4.34 Å². The highest BCUT2D eigenvalue weighted by Crippen LogP contribution is 2.28. The Morgan fingerprint density at radius 2 is 1.96 bits per heavy atom. The van der Waals surface area contributed by atoms with Crippen LogP contribution in [0.1, 0.15) is 33.6 Å². The molecule has 0 aliphatic carbocycles. The van der Waals surface area contributed by atoms with Crippen LogP contribution in [0.4, 0.5) is 5.13 Å². The number of carbonyl (C=O) groups excluding carboxylic acids is 2. The number of hydrogen-bond donors (Lipinski definition) is 1. The SMILES string of the molecule is CCCC(=O)N1CCN(c2nnc(SCC(=O)NC(C)C)s2)CC1. The second-order valence-electron chi connectivity index (χ2n) is 5.98. The van der Waals surface area contributed by atoms with Gasteiger partial charge in [-0.1, -0.05) is 30.0 Å². The van der Waals surface area contributed by atoms with Crippen molar-refractivity contribution in [1.29, 1.82) is 0 Å². The molecule has 1 aliphatic rings. The van der Waals surface area contributed by atoms with Crippen molar-refractivity contribution < 1.29 is 9.59 Å². The van der Waals surface area contributed by atoms with E-state index < -0.39 is 0 Å². The van der Waals surface area contributed by atoms with E-state index in [1.165, 1.54) is 23.1 Å². The van der Waals surface area contributed by atoms with E-state index in [-0.39, 0.29) is 17.9 Å². The van der Waals surface area contributed by atoms with E-state index in [1.807, 2.05) is 25.7 Å². The number of piperazine rings is 1. The minimum Gasteiger partial charge on any atom is -0.353 e. The van der Waals surface area contributed by atoms with Crippen LogP contribution in [0.5, 0.6) is 0 Å². The number of thioether (sulfide) groups is 1. The Morgan fingerprint density at radius 1 is 1.25 bits per heavy atom.